The van der Waals surface area contributed by atoms with E-state index in [0.29, 0.717) is 18.1 Å². The molecule has 3 nitrogen and oxygen atoms in total. The van der Waals surface area contributed by atoms with Crippen LogP contribution in [0.3, 0.4) is 0 Å². The lowest BCUT2D eigenvalue weighted by molar-refractivity contribution is -0.136. The Kier molecular flexibility index (Phi) is 3.73. The molecule has 5 atom stereocenters. The van der Waals surface area contributed by atoms with Gasteiger partial charge in [0, 0.05) is 19.6 Å². The number of rotatable bonds is 2. The lowest BCUT2D eigenvalue weighted by Gasteiger charge is -2.53. The fourth-order valence-corrected chi connectivity index (χ4v) is 6.01. The van der Waals surface area contributed by atoms with Gasteiger partial charge in [-0.3, -0.25) is 4.79 Å². The van der Waals surface area contributed by atoms with Gasteiger partial charge in [-0.05, 0) is 59.6 Å². The van der Waals surface area contributed by atoms with Crippen molar-refractivity contribution in [3.05, 3.63) is 35.4 Å². The highest BCUT2D eigenvalue weighted by molar-refractivity contribution is 5.73. The molecule has 0 radical (unpaired) electrons. The number of nitrogens with one attached hydrogen (secondary N) is 1. The Morgan fingerprint density at radius 1 is 1.28 bits per heavy atom. The summed E-state index contributed by atoms with van der Waals surface area (Å²) in [5, 5.41) is 3.22. The summed E-state index contributed by atoms with van der Waals surface area (Å²) in [6, 6.07) is 4.17. The van der Waals surface area contributed by atoms with E-state index in [0.717, 1.165) is 19.3 Å². The Hall–Kier alpha value is -1.49. The van der Waals surface area contributed by atoms with Crippen molar-refractivity contribution in [2.24, 2.45) is 22.7 Å². The van der Waals surface area contributed by atoms with Gasteiger partial charge in [0.25, 0.3) is 0 Å². The standard InChI is InChI=1S/C20H25F2NO2/c1-11(24)23-18-19(2,3)13-9-14-17(25-7-6-20(14,18)10-13)12-4-5-15(21)16(22)8-12/h4-5,8,13-14,17-18H,6-7,9-10H2,1-3H3,(H,23,24)/t13-,14-,17-,18-,20-/m1/s1. The first kappa shape index (κ1) is 17.0. The molecule has 5 heteroatoms. The molecule has 25 heavy (non-hydrogen) atoms. The van der Waals surface area contributed by atoms with Gasteiger partial charge in [-0.25, -0.2) is 8.78 Å². The molecule has 2 bridgehead atoms. The van der Waals surface area contributed by atoms with Crippen molar-refractivity contribution in [3.63, 3.8) is 0 Å². The van der Waals surface area contributed by atoms with Gasteiger partial charge in [0.05, 0.1) is 6.10 Å². The van der Waals surface area contributed by atoms with Gasteiger partial charge < -0.3 is 10.1 Å². The summed E-state index contributed by atoms with van der Waals surface area (Å²) in [5.41, 5.74) is 0.723. The molecular formula is C20H25F2NO2. The van der Waals surface area contributed by atoms with E-state index in [2.05, 4.69) is 19.2 Å². The average molecular weight is 349 g/mol. The van der Waals surface area contributed by atoms with Gasteiger partial charge in [-0.1, -0.05) is 19.9 Å². The summed E-state index contributed by atoms with van der Waals surface area (Å²) >= 11 is 0. The number of carbonyl (C=O) groups excluding carboxylic acids is 1. The maximum Gasteiger partial charge on any atom is 0.217 e. The lowest BCUT2D eigenvalue weighted by atomic mass is 9.59. The van der Waals surface area contributed by atoms with Gasteiger partial charge in [-0.15, -0.1) is 0 Å². The number of fused-ring (bicyclic) bond motifs is 1. The zero-order valence-corrected chi connectivity index (χ0v) is 14.9. The Bertz CT molecular complexity index is 720. The van der Waals surface area contributed by atoms with Crippen LogP contribution in [0.4, 0.5) is 8.78 Å². The minimum absolute atomic E-state index is 0.00498. The Balaban J connectivity index is 1.72. The zero-order valence-electron chi connectivity index (χ0n) is 14.9. The summed E-state index contributed by atoms with van der Waals surface area (Å²) in [5.74, 6) is -0.943. The molecule has 1 aromatic rings. The number of hydrogen-bond donors (Lipinski definition) is 1. The second-order valence-corrected chi connectivity index (χ2v) is 8.65. The SMILES string of the molecule is CC(=O)N[C@@H]1C(C)(C)[C@@H]2C[C@@H]3[C@@H](c4ccc(F)c(F)c4)OCC[C@@]31C2. The van der Waals surface area contributed by atoms with Crippen LogP contribution < -0.4 is 5.32 Å². The molecule has 0 unspecified atom stereocenters. The smallest absolute Gasteiger partial charge is 0.217 e. The molecule has 1 spiro atoms. The maximum absolute atomic E-state index is 13.7. The van der Waals surface area contributed by atoms with Gasteiger partial charge >= 0.3 is 0 Å². The van der Waals surface area contributed by atoms with Gasteiger partial charge in [0.2, 0.25) is 5.91 Å². The minimum Gasteiger partial charge on any atom is -0.373 e. The quantitative estimate of drug-likeness (QED) is 0.877. The number of ether oxygens (including phenoxy) is 1. The van der Waals surface area contributed by atoms with Crippen LogP contribution in [0.15, 0.2) is 18.2 Å². The van der Waals surface area contributed by atoms with Crippen molar-refractivity contribution in [2.45, 2.75) is 52.2 Å². The molecule has 1 amide bonds. The zero-order chi connectivity index (χ0) is 18.0. The van der Waals surface area contributed by atoms with E-state index in [-0.39, 0.29) is 34.8 Å². The molecule has 2 saturated carbocycles. The predicted octanol–water partition coefficient (Wildman–Crippen LogP) is 3.98. The van der Waals surface area contributed by atoms with Crippen LogP contribution in [0.25, 0.3) is 0 Å². The maximum atomic E-state index is 13.7. The third-order valence-corrected chi connectivity index (χ3v) is 7.12. The first-order valence-corrected chi connectivity index (χ1v) is 9.09. The first-order valence-electron chi connectivity index (χ1n) is 9.09. The molecule has 3 fully saturated rings. The topological polar surface area (TPSA) is 38.3 Å². The monoisotopic (exact) mass is 349 g/mol. The van der Waals surface area contributed by atoms with Gasteiger partial charge in [-0.2, -0.15) is 0 Å². The highest BCUT2D eigenvalue weighted by Gasteiger charge is 2.68. The summed E-state index contributed by atoms with van der Waals surface area (Å²) in [6.45, 7) is 6.63. The molecule has 1 aromatic carbocycles. The van der Waals surface area contributed by atoms with E-state index >= 15 is 0 Å². The van der Waals surface area contributed by atoms with E-state index in [1.807, 2.05) is 0 Å². The normalized spacial score (nSPS) is 38.4. The van der Waals surface area contributed by atoms with Crippen LogP contribution in [0.2, 0.25) is 0 Å². The third-order valence-electron chi connectivity index (χ3n) is 7.12. The van der Waals surface area contributed by atoms with Gasteiger partial charge in [0.1, 0.15) is 0 Å². The first-order chi connectivity index (χ1) is 11.8. The molecule has 4 rings (SSSR count). The summed E-state index contributed by atoms with van der Waals surface area (Å²) < 4.78 is 33.1. The average Bonchev–Trinajstić information content (AvgIpc) is 3.03. The van der Waals surface area contributed by atoms with Crippen molar-refractivity contribution in [2.75, 3.05) is 6.61 Å². The number of amides is 1. The highest BCUT2D eigenvalue weighted by Crippen LogP contribution is 2.70. The lowest BCUT2D eigenvalue weighted by Crippen LogP contribution is -2.58. The molecule has 3 aliphatic rings. The Morgan fingerprint density at radius 3 is 2.72 bits per heavy atom. The summed E-state index contributed by atoms with van der Waals surface area (Å²) in [4.78, 5) is 11.8. The van der Waals surface area contributed by atoms with Crippen LogP contribution in [0, 0.1) is 34.3 Å². The van der Waals surface area contributed by atoms with E-state index < -0.39 is 11.6 Å². The van der Waals surface area contributed by atoms with Crippen LogP contribution >= 0.6 is 0 Å². The van der Waals surface area contributed by atoms with Crippen molar-refractivity contribution < 1.29 is 18.3 Å². The molecule has 2 aliphatic carbocycles. The van der Waals surface area contributed by atoms with Crippen LogP contribution in [-0.2, 0) is 9.53 Å². The fraction of sp³-hybridized carbons (Fsp3) is 0.650. The van der Waals surface area contributed by atoms with Crippen molar-refractivity contribution in [3.8, 4) is 0 Å². The molecule has 1 N–H and O–H groups in total. The molecule has 0 aromatic heterocycles. The second-order valence-electron chi connectivity index (χ2n) is 8.65. The van der Waals surface area contributed by atoms with E-state index in [4.69, 9.17) is 4.74 Å². The van der Waals surface area contributed by atoms with E-state index in [9.17, 15) is 13.6 Å². The van der Waals surface area contributed by atoms with E-state index in [1.165, 1.54) is 12.1 Å². The molecule has 1 aliphatic heterocycles. The van der Waals surface area contributed by atoms with E-state index in [1.54, 1.807) is 13.0 Å². The predicted molar refractivity (Wildman–Crippen MR) is 89.7 cm³/mol. The minimum atomic E-state index is -0.834. The molecule has 1 heterocycles. The van der Waals surface area contributed by atoms with Gasteiger partial charge in [0.15, 0.2) is 11.6 Å². The molecular weight excluding hydrogens is 324 g/mol. The van der Waals surface area contributed by atoms with Crippen LogP contribution in [0.1, 0.15) is 51.7 Å². The number of hydrogen-bond acceptors (Lipinski definition) is 2. The highest BCUT2D eigenvalue weighted by atomic mass is 19.2. The van der Waals surface area contributed by atoms with Crippen molar-refractivity contribution in [1.29, 1.82) is 0 Å². The van der Waals surface area contributed by atoms with Crippen LogP contribution in [0.5, 0.6) is 0 Å². The summed E-state index contributed by atoms with van der Waals surface area (Å²) in [6.07, 6.45) is 2.75. The van der Waals surface area contributed by atoms with Crippen molar-refractivity contribution in [1.82, 2.24) is 5.32 Å². The number of carbonyl (C=O) groups is 1. The number of halogens is 2. The fourth-order valence-electron chi connectivity index (χ4n) is 6.01. The Morgan fingerprint density at radius 2 is 2.04 bits per heavy atom. The largest absolute Gasteiger partial charge is 0.373 e. The molecule has 136 valence electrons. The summed E-state index contributed by atoms with van der Waals surface area (Å²) in [7, 11) is 0. The third kappa shape index (κ3) is 2.35. The second kappa shape index (κ2) is 5.50. The molecule has 1 saturated heterocycles. The Labute approximate surface area is 147 Å². The number of benzene rings is 1. The van der Waals surface area contributed by atoms with Crippen LogP contribution in [-0.4, -0.2) is 18.6 Å². The van der Waals surface area contributed by atoms with Crippen molar-refractivity contribution >= 4 is 5.91 Å².